The first-order valence-corrected chi connectivity index (χ1v) is 9.91. The molecule has 0 spiro atoms. The molecule has 1 aliphatic heterocycles. The van der Waals surface area contributed by atoms with Crippen molar-refractivity contribution in [2.45, 2.75) is 65.7 Å². The van der Waals surface area contributed by atoms with Gasteiger partial charge in [-0.25, -0.2) is 14.1 Å². The van der Waals surface area contributed by atoms with Crippen LogP contribution in [0.4, 0.5) is 4.79 Å². The molecule has 2 aromatic rings. The summed E-state index contributed by atoms with van der Waals surface area (Å²) >= 11 is 0. The maximum Gasteiger partial charge on any atom is 0.410 e. The zero-order chi connectivity index (χ0) is 21.3. The summed E-state index contributed by atoms with van der Waals surface area (Å²) in [5.41, 5.74) is 1.14. The molecule has 2 atom stereocenters. The van der Waals surface area contributed by atoms with E-state index in [2.05, 4.69) is 5.10 Å². The molecule has 1 fully saturated rings. The number of amides is 1. The van der Waals surface area contributed by atoms with Gasteiger partial charge in [-0.3, -0.25) is 0 Å². The number of carbonyl (C=O) groups is 2. The van der Waals surface area contributed by atoms with Crippen LogP contribution in [0.5, 0.6) is 5.75 Å². The fraction of sp³-hybridized carbons (Fsp3) is 0.571. The van der Waals surface area contributed by atoms with E-state index in [1.165, 1.54) is 0 Å². The number of nitrogens with zero attached hydrogens (tertiary/aromatic N) is 3. The normalized spacial score (nSPS) is 19.4. The second kappa shape index (κ2) is 7.93. The Morgan fingerprint density at radius 1 is 1.31 bits per heavy atom. The largest absolute Gasteiger partial charge is 0.488 e. The third-order valence-electron chi connectivity index (χ3n) is 4.73. The lowest BCUT2D eigenvalue weighted by atomic mass is 10.2. The average molecular weight is 403 g/mol. The Balaban J connectivity index is 1.76. The van der Waals surface area contributed by atoms with Gasteiger partial charge in [0, 0.05) is 24.7 Å². The van der Waals surface area contributed by atoms with Gasteiger partial charge in [0.2, 0.25) is 0 Å². The van der Waals surface area contributed by atoms with Crippen LogP contribution in [0.2, 0.25) is 0 Å². The third-order valence-corrected chi connectivity index (χ3v) is 4.73. The molecule has 158 valence electrons. The number of hydrogen-bond donors (Lipinski definition) is 0. The van der Waals surface area contributed by atoms with Crippen LogP contribution in [0.1, 0.15) is 57.1 Å². The van der Waals surface area contributed by atoms with Gasteiger partial charge in [-0.1, -0.05) is 0 Å². The molecular weight excluding hydrogens is 374 g/mol. The molecule has 0 unspecified atom stereocenters. The summed E-state index contributed by atoms with van der Waals surface area (Å²) in [5, 5.41) is 4.36. The van der Waals surface area contributed by atoms with Crippen molar-refractivity contribution < 1.29 is 23.8 Å². The number of fused-ring (bicyclic) bond motifs is 1. The Kier molecular flexibility index (Phi) is 5.73. The Morgan fingerprint density at radius 3 is 2.69 bits per heavy atom. The first kappa shape index (κ1) is 21.0. The molecule has 0 bridgehead atoms. The highest BCUT2D eigenvalue weighted by molar-refractivity contribution is 5.98. The molecular formula is C21H29N3O5. The van der Waals surface area contributed by atoms with Gasteiger partial charge in [-0.2, -0.15) is 5.10 Å². The number of pyridine rings is 1. The van der Waals surface area contributed by atoms with Crippen molar-refractivity contribution in [3.63, 3.8) is 0 Å². The lowest BCUT2D eigenvalue weighted by Crippen LogP contribution is -2.39. The molecule has 8 heteroatoms. The van der Waals surface area contributed by atoms with Crippen LogP contribution in [-0.2, 0) is 9.47 Å². The Hall–Kier alpha value is -2.77. The predicted molar refractivity (Wildman–Crippen MR) is 107 cm³/mol. The highest BCUT2D eigenvalue weighted by Crippen LogP contribution is 2.27. The molecule has 2 aromatic heterocycles. The summed E-state index contributed by atoms with van der Waals surface area (Å²) < 4.78 is 18.4. The summed E-state index contributed by atoms with van der Waals surface area (Å²) in [5.74, 6) is 0.217. The lowest BCUT2D eigenvalue weighted by molar-refractivity contribution is 0.0224. The van der Waals surface area contributed by atoms with Crippen LogP contribution in [0.15, 0.2) is 18.3 Å². The summed E-state index contributed by atoms with van der Waals surface area (Å²) in [6.07, 6.45) is 1.97. The average Bonchev–Trinajstić information content (AvgIpc) is 3.12. The molecule has 0 aliphatic carbocycles. The molecule has 8 nitrogen and oxygen atoms in total. The molecule has 0 N–H and O–H groups in total. The van der Waals surface area contributed by atoms with Gasteiger partial charge in [0.05, 0.1) is 24.4 Å². The minimum absolute atomic E-state index is 0.0193. The SMILES string of the molecule is CCOC(=O)c1c(C)nn2ccc(O[C@@H]3C[C@H](C)N(C(=O)OC(C)(C)C)C3)cc12. The maximum atomic E-state index is 12.4. The molecule has 29 heavy (non-hydrogen) atoms. The molecule has 0 radical (unpaired) electrons. The van der Waals surface area contributed by atoms with Crippen LogP contribution >= 0.6 is 0 Å². The number of ether oxygens (including phenoxy) is 3. The zero-order valence-corrected chi connectivity index (χ0v) is 17.9. The van der Waals surface area contributed by atoms with Crippen molar-refractivity contribution in [1.29, 1.82) is 0 Å². The van der Waals surface area contributed by atoms with Crippen LogP contribution < -0.4 is 4.74 Å². The molecule has 3 rings (SSSR count). The molecule has 3 heterocycles. The minimum Gasteiger partial charge on any atom is -0.488 e. The first-order chi connectivity index (χ1) is 13.6. The van der Waals surface area contributed by atoms with Gasteiger partial charge >= 0.3 is 12.1 Å². The van der Waals surface area contributed by atoms with E-state index >= 15 is 0 Å². The standard InChI is InChI=1S/C21H29N3O5/c1-7-27-19(25)18-14(3)22-24-9-8-15(11-17(18)24)28-16-10-13(2)23(12-16)20(26)29-21(4,5)6/h8-9,11,13,16H,7,10,12H2,1-6H3/t13-,16+/m0/s1. The van der Waals surface area contributed by atoms with E-state index in [1.54, 1.807) is 41.6 Å². The smallest absolute Gasteiger partial charge is 0.410 e. The van der Waals surface area contributed by atoms with Crippen LogP contribution in [0.25, 0.3) is 5.52 Å². The van der Waals surface area contributed by atoms with E-state index in [-0.39, 0.29) is 18.2 Å². The van der Waals surface area contributed by atoms with Crippen molar-refractivity contribution in [2.24, 2.45) is 0 Å². The van der Waals surface area contributed by atoms with Crippen molar-refractivity contribution >= 4 is 17.6 Å². The highest BCUT2D eigenvalue weighted by Gasteiger charge is 2.36. The first-order valence-electron chi connectivity index (χ1n) is 9.91. The Morgan fingerprint density at radius 2 is 2.03 bits per heavy atom. The lowest BCUT2D eigenvalue weighted by Gasteiger charge is -2.26. The third kappa shape index (κ3) is 4.63. The zero-order valence-electron chi connectivity index (χ0n) is 17.9. The topological polar surface area (TPSA) is 82.4 Å². The number of aromatic nitrogens is 2. The van der Waals surface area contributed by atoms with E-state index in [4.69, 9.17) is 14.2 Å². The number of carbonyl (C=O) groups excluding carboxylic acids is 2. The number of likely N-dealkylation sites (tertiary alicyclic amines) is 1. The predicted octanol–water partition coefficient (Wildman–Crippen LogP) is 3.60. The van der Waals surface area contributed by atoms with Crippen LogP contribution in [0.3, 0.4) is 0 Å². The van der Waals surface area contributed by atoms with Crippen molar-refractivity contribution in [1.82, 2.24) is 14.5 Å². The number of hydrogen-bond acceptors (Lipinski definition) is 6. The van der Waals surface area contributed by atoms with Gasteiger partial charge in [-0.05, 0) is 47.6 Å². The molecule has 0 saturated carbocycles. The van der Waals surface area contributed by atoms with E-state index in [9.17, 15) is 9.59 Å². The summed E-state index contributed by atoms with van der Waals surface area (Å²) in [4.78, 5) is 26.4. The summed E-state index contributed by atoms with van der Waals surface area (Å²) in [6, 6.07) is 3.60. The fourth-order valence-electron chi connectivity index (χ4n) is 3.51. The van der Waals surface area contributed by atoms with E-state index in [0.717, 1.165) is 0 Å². The van der Waals surface area contributed by atoms with Gasteiger partial charge in [0.1, 0.15) is 23.0 Å². The second-order valence-corrected chi connectivity index (χ2v) is 8.33. The van der Waals surface area contributed by atoms with Crippen molar-refractivity contribution in [3.8, 4) is 5.75 Å². The Bertz CT molecular complexity index is 915. The molecule has 1 amide bonds. The van der Waals surface area contributed by atoms with Crippen molar-refractivity contribution in [2.75, 3.05) is 13.2 Å². The highest BCUT2D eigenvalue weighted by atomic mass is 16.6. The van der Waals surface area contributed by atoms with Gasteiger partial charge in [0.15, 0.2) is 0 Å². The van der Waals surface area contributed by atoms with Gasteiger partial charge in [-0.15, -0.1) is 0 Å². The number of esters is 1. The van der Waals surface area contributed by atoms with Gasteiger partial charge < -0.3 is 19.1 Å². The Labute approximate surface area is 170 Å². The van der Waals surface area contributed by atoms with Gasteiger partial charge in [0.25, 0.3) is 0 Å². The van der Waals surface area contributed by atoms with E-state index < -0.39 is 11.6 Å². The number of aryl methyl sites for hydroxylation is 1. The van der Waals surface area contributed by atoms with Crippen LogP contribution in [0, 0.1) is 6.92 Å². The molecule has 1 aliphatic rings. The second-order valence-electron chi connectivity index (χ2n) is 8.33. The quantitative estimate of drug-likeness (QED) is 0.726. The number of rotatable bonds is 4. The van der Waals surface area contributed by atoms with Crippen molar-refractivity contribution in [3.05, 3.63) is 29.6 Å². The summed E-state index contributed by atoms with van der Waals surface area (Å²) in [7, 11) is 0. The minimum atomic E-state index is -0.538. The maximum absolute atomic E-state index is 12.4. The van der Waals surface area contributed by atoms with Crippen LogP contribution in [-0.4, -0.2) is 57.5 Å². The van der Waals surface area contributed by atoms with E-state index in [1.807, 2.05) is 27.7 Å². The molecule has 1 saturated heterocycles. The fourth-order valence-corrected chi connectivity index (χ4v) is 3.51. The van der Waals surface area contributed by atoms with E-state index in [0.29, 0.717) is 42.1 Å². The monoisotopic (exact) mass is 403 g/mol. The molecule has 0 aromatic carbocycles. The summed E-state index contributed by atoms with van der Waals surface area (Å²) in [6.45, 7) is 11.8.